The van der Waals surface area contributed by atoms with E-state index in [0.717, 1.165) is 43.7 Å². The van der Waals surface area contributed by atoms with E-state index in [-0.39, 0.29) is 0 Å². The fourth-order valence-electron chi connectivity index (χ4n) is 6.03. The summed E-state index contributed by atoms with van der Waals surface area (Å²) in [5.74, 6) is 2.88. The Labute approximate surface area is 335 Å². The highest BCUT2D eigenvalue weighted by Crippen LogP contribution is 2.28. The van der Waals surface area contributed by atoms with Crippen molar-refractivity contribution < 1.29 is 9.47 Å². The van der Waals surface area contributed by atoms with Crippen LogP contribution in [0.1, 0.15) is 11.1 Å². The van der Waals surface area contributed by atoms with Crippen molar-refractivity contribution in [3.8, 4) is 0 Å². The normalized spacial score (nSPS) is 14.5. The van der Waals surface area contributed by atoms with Crippen LogP contribution in [-0.2, 0) is 9.47 Å². The monoisotopic (exact) mass is 784 g/mol. The lowest BCUT2D eigenvalue weighted by molar-refractivity contribution is 0.122. The Morgan fingerprint density at radius 3 is 1.16 bits per heavy atom. The van der Waals surface area contributed by atoms with Gasteiger partial charge in [0.05, 0.1) is 26.4 Å². The minimum atomic E-state index is 0.419. The van der Waals surface area contributed by atoms with Gasteiger partial charge in [0, 0.05) is 58.7 Å². The molecule has 0 aliphatic carbocycles. The molecule has 0 atom stereocenters. The first-order valence-electron chi connectivity index (χ1n) is 18.2. The molecule has 0 radical (unpaired) electrons. The zero-order valence-electron chi connectivity index (χ0n) is 30.3. The van der Waals surface area contributed by atoms with Crippen LogP contribution in [-0.4, -0.2) is 82.5 Å². The predicted octanol–water partition coefficient (Wildman–Crippen LogP) is 7.45. The Bertz CT molecular complexity index is 2130. The number of nitrogens with zero attached hydrogens (tertiary/aromatic N) is 8. The van der Waals surface area contributed by atoms with E-state index < -0.39 is 0 Å². The number of thiol groups is 2. The van der Waals surface area contributed by atoms with E-state index in [4.69, 9.17) is 54.7 Å². The number of hydrogen-bond acceptors (Lipinski definition) is 16. The van der Waals surface area contributed by atoms with E-state index >= 15 is 0 Å². The van der Waals surface area contributed by atoms with E-state index in [2.05, 4.69) is 41.0 Å². The molecule has 2 aliphatic rings. The molecule has 4 heterocycles. The molecule has 2 aromatic heterocycles. The summed E-state index contributed by atoms with van der Waals surface area (Å²) in [4.78, 5) is 33.9. The summed E-state index contributed by atoms with van der Waals surface area (Å²) < 4.78 is 11.1. The highest BCUT2D eigenvalue weighted by atomic mass is 32.1. The number of ether oxygens (including phenoxy) is 2. The summed E-state index contributed by atoms with van der Waals surface area (Å²) in [5.41, 5.74) is 5.22. The first kappa shape index (κ1) is 37.0. The summed E-state index contributed by atoms with van der Waals surface area (Å²) in [6.07, 6.45) is 4.02. The van der Waals surface area contributed by atoms with Crippen molar-refractivity contribution in [2.24, 2.45) is 0 Å². The summed E-state index contributed by atoms with van der Waals surface area (Å²) in [6.45, 7) is 5.28. The van der Waals surface area contributed by atoms with Gasteiger partial charge < -0.3 is 40.5 Å². The molecule has 4 N–H and O–H groups in total. The molecule has 0 unspecified atom stereocenters. The molecule has 0 saturated carbocycles. The molecule has 8 rings (SSSR count). The maximum absolute atomic E-state index is 5.54. The highest BCUT2D eigenvalue weighted by Gasteiger charge is 2.19. The summed E-state index contributed by atoms with van der Waals surface area (Å²) >= 11 is 9.62. The molecule has 284 valence electrons. The van der Waals surface area contributed by atoms with E-state index in [0.29, 0.717) is 88.3 Å². The first-order chi connectivity index (χ1) is 27.5. The number of aromatic nitrogens is 6. The van der Waals surface area contributed by atoms with Crippen LogP contribution < -0.4 is 31.1 Å². The van der Waals surface area contributed by atoms with Gasteiger partial charge in [0.15, 0.2) is 0 Å². The molecular formula is C40H40N12O2S2. The molecule has 0 bridgehead atoms. The molecule has 2 aliphatic heterocycles. The molecule has 0 spiro atoms. The first-order valence-corrected chi connectivity index (χ1v) is 19.1. The number of para-hydroxylation sites is 2. The standard InChI is InChI=1S/C40H40N12O2S2/c55-33-25-31(43-37-45-35(41-29-7-3-1-4-8-29)47-39(49-37)51-17-21-53-22-18-51)15-13-27(33)11-12-28-14-16-32(26-34(28)56)44-38-46-36(42-30-9-5-2-6-10-30)48-40(50-38)52-19-23-54-24-20-52/h1-16,25-26,55-56H,17-24H2,(H2,41,43,45,47,49)(H2,42,44,46,48,50)/b12-11+. The predicted molar refractivity (Wildman–Crippen MR) is 228 cm³/mol. The Balaban J connectivity index is 0.963. The summed E-state index contributed by atoms with van der Waals surface area (Å²) in [5, 5.41) is 13.3. The quantitative estimate of drug-likeness (QED) is 0.0539. The minimum absolute atomic E-state index is 0.419. The minimum Gasteiger partial charge on any atom is -0.378 e. The van der Waals surface area contributed by atoms with Crippen LogP contribution in [0, 0.1) is 0 Å². The number of morpholine rings is 2. The molecule has 4 aromatic carbocycles. The number of hydrogen-bond donors (Lipinski definition) is 6. The third kappa shape index (κ3) is 9.64. The largest absolute Gasteiger partial charge is 0.378 e. The molecule has 6 aromatic rings. The molecule has 56 heavy (non-hydrogen) atoms. The van der Waals surface area contributed by atoms with Crippen molar-refractivity contribution in [3.63, 3.8) is 0 Å². The molecule has 2 fully saturated rings. The van der Waals surface area contributed by atoms with Crippen molar-refractivity contribution in [2.45, 2.75) is 9.79 Å². The summed E-state index contributed by atoms with van der Waals surface area (Å²) in [6, 6.07) is 31.4. The highest BCUT2D eigenvalue weighted by molar-refractivity contribution is 7.80. The lowest BCUT2D eigenvalue weighted by Crippen LogP contribution is -2.37. The third-order valence-electron chi connectivity index (χ3n) is 8.91. The van der Waals surface area contributed by atoms with Gasteiger partial charge in [-0.2, -0.15) is 29.9 Å². The van der Waals surface area contributed by atoms with Crippen LogP contribution in [0.15, 0.2) is 107 Å². The maximum Gasteiger partial charge on any atom is 0.233 e. The number of rotatable bonds is 12. The van der Waals surface area contributed by atoms with E-state index in [1.807, 2.05) is 109 Å². The maximum atomic E-state index is 5.54. The van der Waals surface area contributed by atoms with Crippen LogP contribution >= 0.6 is 25.3 Å². The van der Waals surface area contributed by atoms with E-state index in [1.165, 1.54) is 0 Å². The lowest BCUT2D eigenvalue weighted by atomic mass is 10.1. The summed E-state index contributed by atoms with van der Waals surface area (Å²) in [7, 11) is 0. The van der Waals surface area contributed by atoms with Crippen molar-refractivity contribution in [2.75, 3.05) is 83.7 Å². The molecular weight excluding hydrogens is 745 g/mol. The van der Waals surface area contributed by atoms with Crippen LogP contribution in [0.5, 0.6) is 0 Å². The number of nitrogens with one attached hydrogen (secondary N) is 4. The van der Waals surface area contributed by atoms with Crippen LogP contribution in [0.25, 0.3) is 12.2 Å². The van der Waals surface area contributed by atoms with Crippen molar-refractivity contribution >= 4 is 95.8 Å². The van der Waals surface area contributed by atoms with Gasteiger partial charge in [0.25, 0.3) is 0 Å². The van der Waals surface area contributed by atoms with E-state index in [9.17, 15) is 0 Å². The van der Waals surface area contributed by atoms with E-state index in [1.54, 1.807) is 0 Å². The second-order valence-corrected chi connectivity index (χ2v) is 13.8. The molecule has 0 amide bonds. The second kappa shape index (κ2) is 17.7. The van der Waals surface area contributed by atoms with Crippen molar-refractivity contribution in [1.82, 2.24) is 29.9 Å². The van der Waals surface area contributed by atoms with Crippen LogP contribution in [0.3, 0.4) is 0 Å². The van der Waals surface area contributed by atoms with Gasteiger partial charge in [-0.25, -0.2) is 0 Å². The van der Waals surface area contributed by atoms with Gasteiger partial charge in [-0.3, -0.25) is 0 Å². The van der Waals surface area contributed by atoms with Gasteiger partial charge in [-0.1, -0.05) is 60.7 Å². The van der Waals surface area contributed by atoms with Crippen LogP contribution in [0.2, 0.25) is 0 Å². The zero-order chi connectivity index (χ0) is 38.1. The van der Waals surface area contributed by atoms with Gasteiger partial charge >= 0.3 is 0 Å². The third-order valence-corrected chi connectivity index (χ3v) is 9.69. The lowest BCUT2D eigenvalue weighted by Gasteiger charge is -2.27. The molecule has 16 heteroatoms. The number of anilines is 10. The van der Waals surface area contributed by atoms with Gasteiger partial charge in [0.2, 0.25) is 35.7 Å². The smallest absolute Gasteiger partial charge is 0.233 e. The van der Waals surface area contributed by atoms with Gasteiger partial charge in [-0.15, -0.1) is 25.3 Å². The average Bonchev–Trinajstić information content (AvgIpc) is 3.22. The van der Waals surface area contributed by atoms with Gasteiger partial charge in [-0.05, 0) is 59.7 Å². The SMILES string of the molecule is Sc1cc(Nc2nc(Nc3ccccc3)nc(N3CCOCC3)n2)ccc1/C=C/c1ccc(Nc2nc(Nc3ccccc3)nc(N3CCOCC3)n2)cc1S. The van der Waals surface area contributed by atoms with Crippen LogP contribution in [0.4, 0.5) is 58.4 Å². The average molecular weight is 785 g/mol. The molecule has 2 saturated heterocycles. The topological polar surface area (TPSA) is 150 Å². The fraction of sp³-hybridized carbons (Fsp3) is 0.200. The second-order valence-electron chi connectivity index (χ2n) is 12.9. The van der Waals surface area contributed by atoms with Crippen molar-refractivity contribution in [3.05, 3.63) is 108 Å². The number of benzene rings is 4. The Morgan fingerprint density at radius 1 is 0.446 bits per heavy atom. The zero-order valence-corrected chi connectivity index (χ0v) is 32.1. The Morgan fingerprint density at radius 2 is 0.804 bits per heavy atom. The van der Waals surface area contributed by atoms with Gasteiger partial charge in [0.1, 0.15) is 0 Å². The molecule has 14 nitrogen and oxygen atoms in total. The fourth-order valence-corrected chi connectivity index (χ4v) is 6.60. The Hall–Kier alpha value is -5.94. The Kier molecular flexibility index (Phi) is 11.7. The van der Waals surface area contributed by atoms with Crippen molar-refractivity contribution in [1.29, 1.82) is 0 Å².